The van der Waals surface area contributed by atoms with Crippen molar-refractivity contribution in [2.24, 2.45) is 0 Å². The van der Waals surface area contributed by atoms with Crippen LogP contribution in [0.15, 0.2) is 47.4 Å². The number of anilines is 2. The van der Waals surface area contributed by atoms with Crippen LogP contribution in [0.1, 0.15) is 47.2 Å². The van der Waals surface area contributed by atoms with Crippen LogP contribution in [0.25, 0.3) is 0 Å². The van der Waals surface area contributed by atoms with E-state index in [1.807, 2.05) is 13.8 Å². The number of aryl methyl sites for hydroxylation is 6. The third kappa shape index (κ3) is 6.24. The van der Waals surface area contributed by atoms with Crippen LogP contribution in [0.5, 0.6) is 5.75 Å². The van der Waals surface area contributed by atoms with Gasteiger partial charge in [0.15, 0.2) is 0 Å². The molecule has 0 N–H and O–H groups in total. The maximum atomic E-state index is 13.4. The number of hydrogen-bond donors (Lipinski definition) is 0. The Labute approximate surface area is 266 Å². The van der Waals surface area contributed by atoms with Crippen molar-refractivity contribution in [2.75, 3.05) is 37.0 Å². The zero-order chi connectivity index (χ0) is 32.3. The summed E-state index contributed by atoms with van der Waals surface area (Å²) in [5.41, 5.74) is 8.81. The van der Waals surface area contributed by atoms with Crippen molar-refractivity contribution < 1.29 is 23.9 Å². The molecule has 0 radical (unpaired) electrons. The molecule has 4 rings (SSSR count). The van der Waals surface area contributed by atoms with Gasteiger partial charge in [-0.15, -0.1) is 0 Å². The first-order valence-electron chi connectivity index (χ1n) is 14.2. The predicted octanol–water partition coefficient (Wildman–Crippen LogP) is 6.74. The van der Waals surface area contributed by atoms with Gasteiger partial charge < -0.3 is 0 Å². The van der Waals surface area contributed by atoms with Crippen LogP contribution in [-0.4, -0.2) is 55.5 Å². The average molecular weight is 735 g/mol. The van der Waals surface area contributed by atoms with E-state index in [2.05, 4.69) is 75.6 Å². The SMILES string of the molecule is [CH2]=[Ru]([Cl])([Cl])(=[C]1N(c2c(C)cc(C)cc2C)CCN1c1c(C)cc(C)cc1C)[c]1cc(S(=O)(=O)N(C)C)ccc1OC(C)C. The van der Waals surface area contributed by atoms with Gasteiger partial charge in [-0.25, -0.2) is 0 Å². The summed E-state index contributed by atoms with van der Waals surface area (Å²) in [5, 5.41) is 4.70. The minimum absolute atomic E-state index is 0.0855. The zero-order valence-electron chi connectivity index (χ0n) is 26.8. The Morgan fingerprint density at radius 1 is 0.814 bits per heavy atom. The van der Waals surface area contributed by atoms with E-state index in [9.17, 15) is 8.42 Å². The first-order valence-corrected chi connectivity index (χ1v) is 23.0. The Hall–Kier alpha value is -2.09. The fourth-order valence-corrected chi connectivity index (χ4v) is 15.0. The van der Waals surface area contributed by atoms with Crippen LogP contribution in [-0.2, 0) is 20.7 Å². The molecule has 1 fully saturated rings. The van der Waals surface area contributed by atoms with Gasteiger partial charge in [0.25, 0.3) is 0 Å². The minimum atomic E-state index is -5.21. The van der Waals surface area contributed by atoms with Gasteiger partial charge in [-0.05, 0) is 0 Å². The van der Waals surface area contributed by atoms with Crippen LogP contribution >= 0.6 is 19.4 Å². The molecule has 10 heteroatoms. The van der Waals surface area contributed by atoms with Gasteiger partial charge in [-0.2, -0.15) is 0 Å². The molecule has 1 aliphatic rings. The van der Waals surface area contributed by atoms with Gasteiger partial charge in [-0.1, -0.05) is 0 Å². The maximum absolute atomic E-state index is 13.4. The number of ether oxygens (including phenoxy) is 1. The molecule has 1 heterocycles. The van der Waals surface area contributed by atoms with Crippen LogP contribution in [0.4, 0.5) is 11.4 Å². The van der Waals surface area contributed by atoms with Crippen molar-refractivity contribution in [3.63, 3.8) is 0 Å². The molecule has 0 spiro atoms. The van der Waals surface area contributed by atoms with Gasteiger partial charge in [-0.3, -0.25) is 0 Å². The topological polar surface area (TPSA) is 53.1 Å². The molecule has 0 aliphatic carbocycles. The predicted molar refractivity (Wildman–Crippen MR) is 183 cm³/mol. The van der Waals surface area contributed by atoms with E-state index in [0.717, 1.165) is 33.6 Å². The Kier molecular flexibility index (Phi) is 9.19. The Bertz CT molecular complexity index is 1750. The molecule has 237 valence electrons. The third-order valence-corrected chi connectivity index (χ3v) is 17.4. The van der Waals surface area contributed by atoms with Gasteiger partial charge in [0.05, 0.1) is 0 Å². The summed E-state index contributed by atoms with van der Waals surface area (Å²) in [6, 6.07) is 13.4. The number of halogens is 2. The summed E-state index contributed by atoms with van der Waals surface area (Å²) in [6.45, 7) is 17.7. The summed E-state index contributed by atoms with van der Waals surface area (Å²) < 4.78 is 35.3. The third-order valence-electron chi connectivity index (χ3n) is 7.51. The summed E-state index contributed by atoms with van der Waals surface area (Å²) in [6.07, 6.45) is -0.201. The molecule has 1 saturated heterocycles. The Morgan fingerprint density at radius 2 is 1.23 bits per heavy atom. The van der Waals surface area contributed by atoms with Crippen LogP contribution in [0.2, 0.25) is 0 Å². The summed E-state index contributed by atoms with van der Waals surface area (Å²) in [4.78, 5) is 4.52. The zero-order valence-corrected chi connectivity index (χ0v) is 30.9. The first-order chi connectivity index (χ1) is 19.7. The summed E-state index contributed by atoms with van der Waals surface area (Å²) in [5.74, 6) is 0.437. The fourth-order valence-electron chi connectivity index (χ4n) is 6.05. The summed E-state index contributed by atoms with van der Waals surface area (Å²) >= 11 is 0. The van der Waals surface area contributed by atoms with Crippen molar-refractivity contribution in [3.05, 3.63) is 75.8 Å². The van der Waals surface area contributed by atoms with Crippen molar-refractivity contribution in [2.45, 2.75) is 66.4 Å². The van der Waals surface area contributed by atoms with E-state index in [0.29, 0.717) is 27.4 Å². The molecular formula is C33H44Cl2N3O3RuS. The summed E-state index contributed by atoms with van der Waals surface area (Å²) in [7, 11) is 9.79. The number of hydrogen-bond acceptors (Lipinski definition) is 5. The van der Waals surface area contributed by atoms with Crippen molar-refractivity contribution >= 4 is 54.4 Å². The molecule has 3 aromatic rings. The normalized spacial score (nSPS) is 15.4. The monoisotopic (exact) mass is 734 g/mol. The van der Waals surface area contributed by atoms with Gasteiger partial charge in [0.1, 0.15) is 0 Å². The second-order valence-electron chi connectivity index (χ2n) is 11.9. The number of rotatable bonds is 7. The molecule has 43 heavy (non-hydrogen) atoms. The van der Waals surface area contributed by atoms with Gasteiger partial charge >= 0.3 is 268 Å². The van der Waals surface area contributed by atoms with Crippen molar-refractivity contribution in [3.8, 4) is 5.75 Å². The molecule has 6 nitrogen and oxygen atoms in total. The Balaban J connectivity index is 2.21. The molecular weight excluding hydrogens is 690 g/mol. The molecule has 1 aliphatic heterocycles. The molecule has 0 atom stereocenters. The van der Waals surface area contributed by atoms with E-state index in [1.165, 1.54) is 29.5 Å². The molecule has 0 amide bonds. The molecule has 0 saturated carbocycles. The second-order valence-corrected chi connectivity index (χ2v) is 27.7. The van der Waals surface area contributed by atoms with E-state index in [-0.39, 0.29) is 11.0 Å². The van der Waals surface area contributed by atoms with Gasteiger partial charge in [0, 0.05) is 0 Å². The standard InChI is InChI=1S/C21H26N2.C11H16NO3S.CH2.2ClH.Ru/c1-14-9-16(3)20(17(4)10-14)22-7-8-23(13-22)21-18(5)11-15(2)12-19(21)6;1-9(2)15-10-5-7-11(8-6-10)16(13,14)12(3)4;;;;/h9-12H,7-8H2,1-6H3;5,7-9H,1-4H3;1H2;2*1H;/q;;;;;+2/p-2. The first kappa shape index (κ1) is 33.8. The fraction of sp³-hybridized carbons (Fsp3) is 0.394. The Morgan fingerprint density at radius 3 is 1.60 bits per heavy atom. The number of sulfonamides is 1. The molecule has 0 unspecified atom stereocenters. The van der Waals surface area contributed by atoms with Gasteiger partial charge in [0.2, 0.25) is 0 Å². The van der Waals surface area contributed by atoms with Crippen molar-refractivity contribution in [1.82, 2.24) is 4.31 Å². The van der Waals surface area contributed by atoms with E-state index < -0.39 is 20.7 Å². The molecule has 0 bridgehead atoms. The quantitative estimate of drug-likeness (QED) is 0.252. The van der Waals surface area contributed by atoms with Crippen LogP contribution in [0, 0.1) is 41.5 Å². The van der Waals surface area contributed by atoms with E-state index >= 15 is 0 Å². The number of nitrogens with zero attached hydrogens (tertiary/aromatic N) is 3. The van der Waals surface area contributed by atoms with Crippen molar-refractivity contribution in [1.29, 1.82) is 0 Å². The van der Waals surface area contributed by atoms with Crippen LogP contribution in [0.3, 0.4) is 0 Å². The van der Waals surface area contributed by atoms with Crippen LogP contribution < -0.4 is 18.7 Å². The number of benzene rings is 3. The second kappa shape index (κ2) is 11.7. The average Bonchev–Trinajstić information content (AvgIpc) is 3.27. The van der Waals surface area contributed by atoms with E-state index in [4.69, 9.17) is 29.2 Å². The molecule has 3 aromatic carbocycles. The van der Waals surface area contributed by atoms with E-state index in [1.54, 1.807) is 18.2 Å². The molecule has 0 aromatic heterocycles.